The topological polar surface area (TPSA) is 72.9 Å². The zero-order valence-corrected chi connectivity index (χ0v) is 16.9. The Morgan fingerprint density at radius 1 is 1.11 bits per heavy atom. The maximum atomic E-state index is 4.69. The first-order valence-corrected chi connectivity index (χ1v) is 9.42. The highest BCUT2D eigenvalue weighted by Gasteiger charge is 2.20. The monoisotopic (exact) mass is 375 g/mol. The van der Waals surface area contributed by atoms with Crippen molar-refractivity contribution >= 4 is 11.6 Å². The second-order valence-corrected chi connectivity index (χ2v) is 8.02. The molecule has 0 saturated heterocycles. The van der Waals surface area contributed by atoms with Gasteiger partial charge < -0.3 is 5.32 Å². The number of fused-ring (bicyclic) bond motifs is 1. The van der Waals surface area contributed by atoms with Gasteiger partial charge in [0.05, 0.1) is 23.0 Å². The molecular formula is C21H25N7. The minimum atomic E-state index is -0.0565. The highest BCUT2D eigenvalue weighted by atomic mass is 15.4. The summed E-state index contributed by atoms with van der Waals surface area (Å²) in [5.74, 6) is 1.41. The van der Waals surface area contributed by atoms with E-state index in [-0.39, 0.29) is 11.6 Å². The molecule has 0 saturated carbocycles. The van der Waals surface area contributed by atoms with Crippen molar-refractivity contribution in [2.75, 3.05) is 5.32 Å². The zero-order chi connectivity index (χ0) is 19.9. The molecule has 4 aromatic rings. The lowest BCUT2D eigenvalue weighted by Gasteiger charge is -2.19. The van der Waals surface area contributed by atoms with Crippen molar-refractivity contribution in [3.8, 4) is 11.3 Å². The Hall–Kier alpha value is -3.22. The summed E-state index contributed by atoms with van der Waals surface area (Å²) in [6.07, 6.45) is 3.64. The number of aryl methyl sites for hydroxylation is 1. The molecule has 1 aromatic carbocycles. The molecule has 0 amide bonds. The van der Waals surface area contributed by atoms with Crippen molar-refractivity contribution in [1.82, 2.24) is 29.4 Å². The first-order valence-electron chi connectivity index (χ1n) is 9.42. The van der Waals surface area contributed by atoms with Gasteiger partial charge in [-0.2, -0.15) is 19.7 Å². The molecule has 1 atom stereocenters. The number of benzene rings is 1. The van der Waals surface area contributed by atoms with Crippen LogP contribution in [0.2, 0.25) is 0 Å². The summed E-state index contributed by atoms with van der Waals surface area (Å²) >= 11 is 0. The van der Waals surface area contributed by atoms with E-state index in [9.17, 15) is 0 Å². The van der Waals surface area contributed by atoms with E-state index in [1.165, 1.54) is 6.33 Å². The first kappa shape index (κ1) is 18.2. The van der Waals surface area contributed by atoms with Crippen molar-refractivity contribution in [2.24, 2.45) is 0 Å². The Morgan fingerprint density at radius 3 is 2.54 bits per heavy atom. The highest BCUT2D eigenvalue weighted by Crippen LogP contribution is 2.27. The second-order valence-electron chi connectivity index (χ2n) is 8.02. The van der Waals surface area contributed by atoms with Crippen molar-refractivity contribution < 1.29 is 0 Å². The summed E-state index contributed by atoms with van der Waals surface area (Å²) in [5, 5.41) is 12.6. The minimum Gasteiger partial charge on any atom is -0.363 e. The quantitative estimate of drug-likeness (QED) is 0.578. The number of aromatic nitrogens is 6. The zero-order valence-electron chi connectivity index (χ0n) is 16.9. The molecule has 3 heterocycles. The van der Waals surface area contributed by atoms with Gasteiger partial charge in [0, 0.05) is 23.4 Å². The van der Waals surface area contributed by atoms with E-state index in [4.69, 9.17) is 5.10 Å². The van der Waals surface area contributed by atoms with Gasteiger partial charge in [-0.25, -0.2) is 4.98 Å². The molecule has 7 heteroatoms. The number of rotatable bonds is 4. The van der Waals surface area contributed by atoms with Gasteiger partial charge in [0.15, 0.2) is 0 Å². The first-order chi connectivity index (χ1) is 13.3. The fraction of sp³-hybridized carbons (Fsp3) is 0.333. The maximum absolute atomic E-state index is 4.69. The smallest absolute Gasteiger partial charge is 0.254 e. The molecule has 144 valence electrons. The number of hydrogen-bond donors (Lipinski definition) is 1. The van der Waals surface area contributed by atoms with Gasteiger partial charge in [-0.1, -0.05) is 30.3 Å². The normalized spacial score (nSPS) is 13.0. The predicted octanol–water partition coefficient (Wildman–Crippen LogP) is 4.22. The Bertz CT molecular complexity index is 1100. The van der Waals surface area contributed by atoms with Crippen LogP contribution >= 0.6 is 0 Å². The Morgan fingerprint density at radius 2 is 1.86 bits per heavy atom. The molecule has 1 unspecified atom stereocenters. The Labute approximate surface area is 164 Å². The summed E-state index contributed by atoms with van der Waals surface area (Å²) in [6, 6.07) is 12.2. The SMILES string of the molecule is Cc1nn(C(C)(C)C)cc1C(C)Nc1cc(-c2ccccc2)nc2ncnn12. The van der Waals surface area contributed by atoms with E-state index in [1.54, 1.807) is 4.52 Å². The van der Waals surface area contributed by atoms with Gasteiger partial charge in [0.25, 0.3) is 5.78 Å². The largest absolute Gasteiger partial charge is 0.363 e. The molecule has 0 spiro atoms. The summed E-state index contributed by atoms with van der Waals surface area (Å²) in [7, 11) is 0. The van der Waals surface area contributed by atoms with E-state index >= 15 is 0 Å². The molecule has 1 N–H and O–H groups in total. The fourth-order valence-electron chi connectivity index (χ4n) is 3.21. The van der Waals surface area contributed by atoms with Crippen LogP contribution in [0.4, 0.5) is 5.82 Å². The molecule has 0 aliphatic carbocycles. The van der Waals surface area contributed by atoms with E-state index < -0.39 is 0 Å². The molecular weight excluding hydrogens is 350 g/mol. The molecule has 4 rings (SSSR count). The molecule has 28 heavy (non-hydrogen) atoms. The second kappa shape index (κ2) is 6.74. The highest BCUT2D eigenvalue weighted by molar-refractivity contribution is 5.65. The van der Waals surface area contributed by atoms with Crippen LogP contribution in [0.15, 0.2) is 48.9 Å². The van der Waals surface area contributed by atoms with Gasteiger partial charge in [-0.15, -0.1) is 0 Å². The Kier molecular flexibility index (Phi) is 4.37. The summed E-state index contributed by atoms with van der Waals surface area (Å²) in [6.45, 7) is 10.6. The molecule has 0 radical (unpaired) electrons. The molecule has 0 aliphatic rings. The lowest BCUT2D eigenvalue weighted by Crippen LogP contribution is -2.22. The van der Waals surface area contributed by atoms with Crippen molar-refractivity contribution in [3.05, 3.63) is 60.2 Å². The lowest BCUT2D eigenvalue weighted by atomic mass is 10.1. The van der Waals surface area contributed by atoms with Crippen LogP contribution in [0.25, 0.3) is 17.0 Å². The van der Waals surface area contributed by atoms with Crippen LogP contribution in [-0.2, 0) is 5.54 Å². The van der Waals surface area contributed by atoms with E-state index in [0.717, 1.165) is 28.3 Å². The molecule has 3 aromatic heterocycles. The van der Waals surface area contributed by atoms with E-state index in [2.05, 4.69) is 54.3 Å². The number of anilines is 1. The third kappa shape index (κ3) is 3.35. The van der Waals surface area contributed by atoms with E-state index in [0.29, 0.717) is 5.78 Å². The van der Waals surface area contributed by atoms with Gasteiger partial charge in [-0.05, 0) is 34.6 Å². The van der Waals surface area contributed by atoms with Gasteiger partial charge in [0.1, 0.15) is 12.1 Å². The van der Waals surface area contributed by atoms with Gasteiger partial charge >= 0.3 is 0 Å². The van der Waals surface area contributed by atoms with Crippen LogP contribution in [0.5, 0.6) is 0 Å². The van der Waals surface area contributed by atoms with Gasteiger partial charge in [0.2, 0.25) is 0 Å². The van der Waals surface area contributed by atoms with Crippen LogP contribution in [0.3, 0.4) is 0 Å². The average Bonchev–Trinajstić information content (AvgIpc) is 3.28. The average molecular weight is 375 g/mol. The van der Waals surface area contributed by atoms with Crippen LogP contribution in [0, 0.1) is 6.92 Å². The summed E-state index contributed by atoms with van der Waals surface area (Å²) in [5.41, 5.74) is 4.01. The third-order valence-corrected chi connectivity index (χ3v) is 4.78. The van der Waals surface area contributed by atoms with E-state index in [1.807, 2.05) is 48.0 Å². The molecule has 7 nitrogen and oxygen atoms in total. The molecule has 0 bridgehead atoms. The van der Waals surface area contributed by atoms with Crippen molar-refractivity contribution in [3.63, 3.8) is 0 Å². The molecule has 0 fully saturated rings. The van der Waals surface area contributed by atoms with Crippen LogP contribution in [0.1, 0.15) is 45.0 Å². The van der Waals surface area contributed by atoms with Crippen molar-refractivity contribution in [1.29, 1.82) is 0 Å². The minimum absolute atomic E-state index is 0.0505. The summed E-state index contributed by atoms with van der Waals surface area (Å²) in [4.78, 5) is 8.92. The lowest BCUT2D eigenvalue weighted by molar-refractivity contribution is 0.354. The summed E-state index contributed by atoms with van der Waals surface area (Å²) < 4.78 is 3.75. The van der Waals surface area contributed by atoms with Crippen LogP contribution in [-0.4, -0.2) is 29.4 Å². The number of hydrogen-bond acceptors (Lipinski definition) is 5. The third-order valence-electron chi connectivity index (χ3n) is 4.78. The number of nitrogens with zero attached hydrogens (tertiary/aromatic N) is 6. The van der Waals surface area contributed by atoms with Crippen molar-refractivity contribution in [2.45, 2.75) is 46.2 Å². The Balaban J connectivity index is 1.72. The fourth-order valence-corrected chi connectivity index (χ4v) is 3.21. The predicted molar refractivity (Wildman–Crippen MR) is 110 cm³/mol. The number of nitrogens with one attached hydrogen (secondary N) is 1. The maximum Gasteiger partial charge on any atom is 0.254 e. The standard InChI is InChI=1S/C21H25N7/c1-14(17-12-27(21(3,4)5)26-15(17)2)24-19-11-18(16-9-7-6-8-10-16)25-20-22-13-23-28(19)20/h6-14,24H,1-5H3. The van der Waals surface area contributed by atoms with Gasteiger partial charge in [-0.3, -0.25) is 4.68 Å². The molecule has 0 aliphatic heterocycles. The van der Waals surface area contributed by atoms with Crippen LogP contribution < -0.4 is 5.32 Å².